The number of amides is 1. The fraction of sp³-hybridized carbons (Fsp3) is 0.310. The Bertz CT molecular complexity index is 1160. The Kier molecular flexibility index (Phi) is 10.6. The summed E-state index contributed by atoms with van der Waals surface area (Å²) in [6.45, 7) is 2.82. The van der Waals surface area contributed by atoms with Gasteiger partial charge in [-0.05, 0) is 42.3 Å². The predicted octanol–water partition coefficient (Wildman–Crippen LogP) is 4.26. The molecule has 0 bridgehead atoms. The molecule has 1 atom stereocenters. The first-order valence-electron chi connectivity index (χ1n) is 12.2. The standard InChI is InChI=1S/C29H31FN2O4.ClH/c30-24-12-14-28(26(19-24)27(34)13-11-22-7-3-1-4-8-22)36-21-25(33)20-31-15-17-32(18-16-31)29(35)23-9-5-2-6-10-23;/h1-10,12,14,19,25,33H,11,13,15-18,20-21H2;1H. The second-order valence-corrected chi connectivity index (χ2v) is 8.97. The number of aliphatic hydroxyl groups excluding tert-OH is 1. The summed E-state index contributed by atoms with van der Waals surface area (Å²) in [7, 11) is 0. The molecule has 0 aliphatic carbocycles. The largest absolute Gasteiger partial charge is 0.490 e. The van der Waals surface area contributed by atoms with E-state index in [1.165, 1.54) is 18.2 Å². The molecule has 1 fully saturated rings. The van der Waals surface area contributed by atoms with Gasteiger partial charge in [-0.3, -0.25) is 14.5 Å². The summed E-state index contributed by atoms with van der Waals surface area (Å²) in [5.41, 5.74) is 1.89. The molecule has 3 aromatic rings. The quantitative estimate of drug-likeness (QED) is 0.400. The van der Waals surface area contributed by atoms with Crippen LogP contribution in [0, 0.1) is 5.82 Å². The number of rotatable bonds is 10. The third-order valence-electron chi connectivity index (χ3n) is 6.31. The summed E-state index contributed by atoms with van der Waals surface area (Å²) < 4.78 is 19.6. The molecule has 6 nitrogen and oxygen atoms in total. The first-order chi connectivity index (χ1) is 17.5. The number of aryl methyl sites for hydroxylation is 1. The Morgan fingerprint density at radius 2 is 1.57 bits per heavy atom. The maximum atomic E-state index is 13.9. The topological polar surface area (TPSA) is 70.1 Å². The summed E-state index contributed by atoms with van der Waals surface area (Å²) >= 11 is 0. The third-order valence-corrected chi connectivity index (χ3v) is 6.31. The minimum absolute atomic E-state index is 0. The van der Waals surface area contributed by atoms with Crippen LogP contribution in [0.5, 0.6) is 5.75 Å². The number of benzene rings is 3. The Morgan fingerprint density at radius 3 is 2.24 bits per heavy atom. The SMILES string of the molecule is Cl.O=C(CCc1ccccc1)c1cc(F)ccc1OCC(O)CN1CCN(C(=O)c2ccccc2)CC1. The first kappa shape index (κ1) is 28.3. The molecule has 0 saturated carbocycles. The van der Waals surface area contributed by atoms with Gasteiger partial charge in [0.25, 0.3) is 5.91 Å². The molecule has 1 heterocycles. The van der Waals surface area contributed by atoms with Gasteiger partial charge in [-0.2, -0.15) is 0 Å². The maximum Gasteiger partial charge on any atom is 0.253 e. The maximum absolute atomic E-state index is 13.9. The van der Waals surface area contributed by atoms with Gasteiger partial charge in [0.15, 0.2) is 5.78 Å². The average molecular weight is 527 g/mol. The van der Waals surface area contributed by atoms with E-state index < -0.39 is 11.9 Å². The van der Waals surface area contributed by atoms with Crippen molar-refractivity contribution in [1.29, 1.82) is 0 Å². The monoisotopic (exact) mass is 526 g/mol. The number of β-amino-alcohol motifs (C(OH)–C–C–N with tert-alkyl or cyclic N) is 1. The lowest BCUT2D eigenvalue weighted by Gasteiger charge is -2.35. The molecule has 1 unspecified atom stereocenters. The fourth-order valence-electron chi connectivity index (χ4n) is 4.32. The Balaban J connectivity index is 0.00000380. The molecule has 0 spiro atoms. The smallest absolute Gasteiger partial charge is 0.253 e. The number of halogens is 2. The van der Waals surface area contributed by atoms with E-state index >= 15 is 0 Å². The number of hydrogen-bond acceptors (Lipinski definition) is 5. The number of hydrogen-bond donors (Lipinski definition) is 1. The van der Waals surface area contributed by atoms with Gasteiger partial charge in [-0.15, -0.1) is 12.4 Å². The first-order valence-corrected chi connectivity index (χ1v) is 12.2. The van der Waals surface area contributed by atoms with Crippen LogP contribution in [0.4, 0.5) is 4.39 Å². The lowest BCUT2D eigenvalue weighted by atomic mass is 10.0. The minimum Gasteiger partial charge on any atom is -0.490 e. The van der Waals surface area contributed by atoms with Gasteiger partial charge in [0.05, 0.1) is 5.56 Å². The number of piperazine rings is 1. The van der Waals surface area contributed by atoms with Gasteiger partial charge in [-0.25, -0.2) is 4.39 Å². The molecule has 0 aromatic heterocycles. The summed E-state index contributed by atoms with van der Waals surface area (Å²) in [6, 6.07) is 22.7. The van der Waals surface area contributed by atoms with Crippen molar-refractivity contribution in [1.82, 2.24) is 9.80 Å². The molecule has 1 saturated heterocycles. The highest BCUT2D eigenvalue weighted by Crippen LogP contribution is 2.23. The van der Waals surface area contributed by atoms with Crippen molar-refractivity contribution in [2.24, 2.45) is 0 Å². The Hall–Kier alpha value is -3.26. The van der Waals surface area contributed by atoms with Crippen molar-refractivity contribution in [2.75, 3.05) is 39.3 Å². The van der Waals surface area contributed by atoms with Crippen LogP contribution in [-0.4, -0.2) is 72.0 Å². The number of carbonyl (C=O) groups is 2. The highest BCUT2D eigenvalue weighted by Gasteiger charge is 2.24. The molecular formula is C29H32ClFN2O4. The van der Waals surface area contributed by atoms with Crippen LogP contribution in [0.25, 0.3) is 0 Å². The van der Waals surface area contributed by atoms with Crippen molar-refractivity contribution in [3.63, 3.8) is 0 Å². The van der Waals surface area contributed by atoms with Gasteiger partial charge in [0.1, 0.15) is 24.3 Å². The molecule has 3 aromatic carbocycles. The normalized spacial score (nSPS) is 14.5. The van der Waals surface area contributed by atoms with E-state index in [1.807, 2.05) is 65.6 Å². The van der Waals surface area contributed by atoms with E-state index in [0.717, 1.165) is 5.56 Å². The van der Waals surface area contributed by atoms with Gasteiger partial charge >= 0.3 is 0 Å². The van der Waals surface area contributed by atoms with E-state index in [-0.39, 0.29) is 48.4 Å². The van der Waals surface area contributed by atoms with Crippen molar-refractivity contribution in [2.45, 2.75) is 18.9 Å². The van der Waals surface area contributed by atoms with Gasteiger partial charge < -0.3 is 14.7 Å². The Labute approximate surface area is 223 Å². The van der Waals surface area contributed by atoms with E-state index in [1.54, 1.807) is 0 Å². The van der Waals surface area contributed by atoms with E-state index in [9.17, 15) is 19.1 Å². The second kappa shape index (κ2) is 13.9. The zero-order valence-corrected chi connectivity index (χ0v) is 21.4. The lowest BCUT2D eigenvalue weighted by Crippen LogP contribution is -2.51. The van der Waals surface area contributed by atoms with E-state index in [4.69, 9.17) is 4.74 Å². The van der Waals surface area contributed by atoms with E-state index in [2.05, 4.69) is 4.90 Å². The Morgan fingerprint density at radius 1 is 0.919 bits per heavy atom. The van der Waals surface area contributed by atoms with Crippen molar-refractivity contribution in [3.8, 4) is 5.75 Å². The van der Waals surface area contributed by atoms with Crippen LogP contribution in [0.3, 0.4) is 0 Å². The molecule has 1 amide bonds. The molecule has 1 aliphatic heterocycles. The summed E-state index contributed by atoms with van der Waals surface area (Å²) in [5, 5.41) is 10.5. The van der Waals surface area contributed by atoms with Gasteiger partial charge in [-0.1, -0.05) is 48.5 Å². The summed E-state index contributed by atoms with van der Waals surface area (Å²) in [5.74, 6) is -0.428. The van der Waals surface area contributed by atoms with Crippen molar-refractivity contribution >= 4 is 24.1 Å². The van der Waals surface area contributed by atoms with Crippen molar-refractivity contribution < 1.29 is 23.8 Å². The number of aliphatic hydroxyl groups is 1. The summed E-state index contributed by atoms with van der Waals surface area (Å²) in [4.78, 5) is 29.3. The molecule has 1 aliphatic rings. The fourth-order valence-corrected chi connectivity index (χ4v) is 4.32. The minimum atomic E-state index is -0.793. The number of nitrogens with zero attached hydrogens (tertiary/aromatic N) is 2. The van der Waals surface area contributed by atoms with Crippen LogP contribution >= 0.6 is 12.4 Å². The summed E-state index contributed by atoms with van der Waals surface area (Å²) in [6.07, 6.45) is -0.00580. The molecule has 37 heavy (non-hydrogen) atoms. The van der Waals surface area contributed by atoms with Crippen LogP contribution in [0.2, 0.25) is 0 Å². The third kappa shape index (κ3) is 8.12. The van der Waals surface area contributed by atoms with E-state index in [0.29, 0.717) is 44.7 Å². The second-order valence-electron chi connectivity index (χ2n) is 8.97. The lowest BCUT2D eigenvalue weighted by molar-refractivity contribution is 0.0401. The number of Topliss-reactive ketones (excluding diaryl/α,β-unsaturated/α-hetero) is 1. The molecular weight excluding hydrogens is 495 g/mol. The average Bonchev–Trinajstić information content (AvgIpc) is 2.92. The number of carbonyl (C=O) groups excluding carboxylic acids is 2. The molecule has 8 heteroatoms. The zero-order chi connectivity index (χ0) is 25.3. The highest BCUT2D eigenvalue weighted by molar-refractivity contribution is 5.98. The van der Waals surface area contributed by atoms with Crippen molar-refractivity contribution in [3.05, 3.63) is 101 Å². The molecule has 0 radical (unpaired) electrons. The van der Waals surface area contributed by atoms with Gasteiger partial charge in [0.2, 0.25) is 0 Å². The van der Waals surface area contributed by atoms with Crippen LogP contribution in [-0.2, 0) is 6.42 Å². The number of ketones is 1. The predicted molar refractivity (Wildman–Crippen MR) is 143 cm³/mol. The molecule has 196 valence electrons. The molecule has 1 N–H and O–H groups in total. The van der Waals surface area contributed by atoms with Crippen LogP contribution < -0.4 is 4.74 Å². The van der Waals surface area contributed by atoms with Crippen LogP contribution in [0.1, 0.15) is 32.7 Å². The molecule has 4 rings (SSSR count). The highest BCUT2D eigenvalue weighted by atomic mass is 35.5. The number of ether oxygens (including phenoxy) is 1. The van der Waals surface area contributed by atoms with Crippen LogP contribution in [0.15, 0.2) is 78.9 Å². The zero-order valence-electron chi connectivity index (χ0n) is 20.6. The van der Waals surface area contributed by atoms with Gasteiger partial charge in [0, 0.05) is 44.7 Å².